The molecule has 108 valence electrons. The molecule has 0 N–H and O–H groups in total. The van der Waals surface area contributed by atoms with E-state index in [1.54, 1.807) is 6.92 Å². The number of hydrogen-bond acceptors (Lipinski definition) is 5. The van der Waals surface area contributed by atoms with Gasteiger partial charge in [0.15, 0.2) is 12.0 Å². The van der Waals surface area contributed by atoms with Crippen molar-refractivity contribution < 1.29 is 19.1 Å². The number of carbonyl (C=O) groups excluding carboxylic acids is 2. The van der Waals surface area contributed by atoms with E-state index in [4.69, 9.17) is 9.47 Å². The van der Waals surface area contributed by atoms with Crippen LogP contribution in [0.25, 0.3) is 0 Å². The largest absolute Gasteiger partial charge is 0.489 e. The van der Waals surface area contributed by atoms with Gasteiger partial charge in [0, 0.05) is 12.1 Å². The summed E-state index contributed by atoms with van der Waals surface area (Å²) in [5.41, 5.74) is 1.17. The summed E-state index contributed by atoms with van der Waals surface area (Å²) in [5.74, 6) is -0.176. The van der Waals surface area contributed by atoms with Crippen molar-refractivity contribution in [1.82, 2.24) is 4.98 Å². The summed E-state index contributed by atoms with van der Waals surface area (Å²) in [5, 5.41) is 0. The number of nitrogens with zero attached hydrogens (tertiary/aromatic N) is 1. The zero-order valence-electron chi connectivity index (χ0n) is 11.6. The Labute approximate surface area is 122 Å². The van der Waals surface area contributed by atoms with E-state index >= 15 is 0 Å². The topological polar surface area (TPSA) is 65.5 Å². The van der Waals surface area contributed by atoms with Crippen LogP contribution in [-0.4, -0.2) is 23.8 Å². The Morgan fingerprint density at radius 1 is 1.24 bits per heavy atom. The number of aromatic nitrogens is 1. The minimum atomic E-state index is -0.578. The van der Waals surface area contributed by atoms with E-state index < -0.39 is 5.97 Å². The summed E-state index contributed by atoms with van der Waals surface area (Å²) in [6.07, 6.45) is 0.568. The monoisotopic (exact) mass is 285 g/mol. The molecule has 5 nitrogen and oxygen atoms in total. The molecule has 0 spiro atoms. The molecule has 21 heavy (non-hydrogen) atoms. The lowest BCUT2D eigenvalue weighted by atomic mass is 10.2. The van der Waals surface area contributed by atoms with E-state index in [0.717, 1.165) is 5.56 Å². The Hall–Kier alpha value is -2.69. The number of hydrogen-bond donors (Lipinski definition) is 0. The van der Waals surface area contributed by atoms with Gasteiger partial charge in [-0.25, -0.2) is 9.78 Å². The Kier molecular flexibility index (Phi) is 5.04. The number of carbonyl (C=O) groups is 2. The Balaban J connectivity index is 2.16. The molecule has 0 fully saturated rings. The van der Waals surface area contributed by atoms with Gasteiger partial charge >= 0.3 is 5.97 Å². The molecule has 0 saturated heterocycles. The first-order chi connectivity index (χ1) is 10.2. The third kappa shape index (κ3) is 4.14. The van der Waals surface area contributed by atoms with Crippen molar-refractivity contribution in [3.05, 3.63) is 59.4 Å². The van der Waals surface area contributed by atoms with E-state index in [1.807, 2.05) is 30.3 Å². The van der Waals surface area contributed by atoms with Gasteiger partial charge in [0.2, 0.25) is 0 Å². The van der Waals surface area contributed by atoms with Crippen LogP contribution in [0.4, 0.5) is 0 Å². The molecule has 0 atom stereocenters. The lowest BCUT2D eigenvalue weighted by molar-refractivity contribution is 0.0518. The highest BCUT2D eigenvalue weighted by atomic mass is 16.5. The number of benzene rings is 1. The summed E-state index contributed by atoms with van der Waals surface area (Å²) >= 11 is 0. The van der Waals surface area contributed by atoms with Crippen LogP contribution in [0.3, 0.4) is 0 Å². The first-order valence-corrected chi connectivity index (χ1v) is 6.54. The minimum Gasteiger partial charge on any atom is -0.489 e. The fourth-order valence-corrected chi connectivity index (χ4v) is 1.72. The van der Waals surface area contributed by atoms with E-state index in [9.17, 15) is 9.59 Å². The summed E-state index contributed by atoms with van der Waals surface area (Å²) in [6.45, 7) is 2.28. The molecule has 0 saturated carbocycles. The van der Waals surface area contributed by atoms with Crippen molar-refractivity contribution in [2.75, 3.05) is 6.61 Å². The summed E-state index contributed by atoms with van der Waals surface area (Å²) in [7, 11) is 0. The highest BCUT2D eigenvalue weighted by molar-refractivity contribution is 5.89. The van der Waals surface area contributed by atoms with Gasteiger partial charge < -0.3 is 9.47 Å². The van der Waals surface area contributed by atoms with E-state index in [1.165, 1.54) is 12.1 Å². The van der Waals surface area contributed by atoms with Crippen molar-refractivity contribution in [2.45, 2.75) is 13.5 Å². The third-order valence-electron chi connectivity index (χ3n) is 2.67. The van der Waals surface area contributed by atoms with Crippen LogP contribution >= 0.6 is 0 Å². The first-order valence-electron chi connectivity index (χ1n) is 6.54. The van der Waals surface area contributed by atoms with Gasteiger partial charge in [-0.2, -0.15) is 0 Å². The molecule has 0 unspecified atom stereocenters. The maximum absolute atomic E-state index is 11.7. The second-order valence-electron chi connectivity index (χ2n) is 4.23. The van der Waals surface area contributed by atoms with E-state index in [-0.39, 0.29) is 18.0 Å². The standard InChI is InChI=1S/C16H15NO4/c1-2-20-16(19)15-9-14(8-13(10-18)17-15)21-11-12-6-4-3-5-7-12/h3-10H,2,11H2,1H3. The van der Waals surface area contributed by atoms with Crippen molar-refractivity contribution in [1.29, 1.82) is 0 Å². The number of aldehydes is 1. The molecule has 1 aromatic carbocycles. The maximum atomic E-state index is 11.7. The van der Waals surface area contributed by atoms with Crippen molar-refractivity contribution in [2.24, 2.45) is 0 Å². The average Bonchev–Trinajstić information content (AvgIpc) is 2.54. The molecular weight excluding hydrogens is 270 g/mol. The number of rotatable bonds is 6. The maximum Gasteiger partial charge on any atom is 0.357 e. The highest BCUT2D eigenvalue weighted by Gasteiger charge is 2.12. The molecule has 0 aliphatic rings. The lowest BCUT2D eigenvalue weighted by Gasteiger charge is -2.08. The number of ether oxygens (including phenoxy) is 2. The molecule has 2 rings (SSSR count). The van der Waals surface area contributed by atoms with Gasteiger partial charge in [-0.15, -0.1) is 0 Å². The van der Waals surface area contributed by atoms with E-state index in [0.29, 0.717) is 18.6 Å². The van der Waals surface area contributed by atoms with Crippen LogP contribution < -0.4 is 4.74 Å². The molecule has 5 heteroatoms. The van der Waals surface area contributed by atoms with Crippen molar-refractivity contribution in [3.8, 4) is 5.75 Å². The third-order valence-corrected chi connectivity index (χ3v) is 2.67. The molecule has 1 aromatic heterocycles. The molecular formula is C16H15NO4. The molecule has 0 aliphatic carbocycles. The van der Waals surface area contributed by atoms with Crippen LogP contribution in [0.15, 0.2) is 42.5 Å². The van der Waals surface area contributed by atoms with Crippen molar-refractivity contribution >= 4 is 12.3 Å². The number of pyridine rings is 1. The van der Waals surface area contributed by atoms with Crippen LogP contribution in [0.1, 0.15) is 33.5 Å². The molecule has 0 bridgehead atoms. The highest BCUT2D eigenvalue weighted by Crippen LogP contribution is 2.16. The Morgan fingerprint density at radius 3 is 2.67 bits per heavy atom. The zero-order chi connectivity index (χ0) is 15.1. The van der Waals surface area contributed by atoms with Gasteiger partial charge in [-0.05, 0) is 12.5 Å². The van der Waals surface area contributed by atoms with Crippen LogP contribution in [0, 0.1) is 0 Å². The summed E-state index contributed by atoms with van der Waals surface area (Å²) < 4.78 is 10.5. The van der Waals surface area contributed by atoms with Gasteiger partial charge in [0.1, 0.15) is 18.1 Å². The Bertz CT molecular complexity index is 625. The quantitative estimate of drug-likeness (QED) is 0.603. The predicted octanol–water partition coefficient (Wildman–Crippen LogP) is 2.65. The average molecular weight is 285 g/mol. The lowest BCUT2D eigenvalue weighted by Crippen LogP contribution is -2.09. The van der Waals surface area contributed by atoms with Gasteiger partial charge in [-0.1, -0.05) is 30.3 Å². The smallest absolute Gasteiger partial charge is 0.357 e. The van der Waals surface area contributed by atoms with Gasteiger partial charge in [-0.3, -0.25) is 4.79 Å². The second kappa shape index (κ2) is 7.19. The van der Waals surface area contributed by atoms with Crippen LogP contribution in [0.2, 0.25) is 0 Å². The summed E-state index contributed by atoms with van der Waals surface area (Å²) in [6, 6.07) is 12.5. The second-order valence-corrected chi connectivity index (χ2v) is 4.23. The molecule has 0 amide bonds. The fraction of sp³-hybridized carbons (Fsp3) is 0.188. The first kappa shape index (κ1) is 14.7. The minimum absolute atomic E-state index is 0.0597. The van der Waals surface area contributed by atoms with Gasteiger partial charge in [0.05, 0.1) is 6.61 Å². The fourth-order valence-electron chi connectivity index (χ4n) is 1.72. The normalized spacial score (nSPS) is 9.95. The van der Waals surface area contributed by atoms with Crippen molar-refractivity contribution in [3.63, 3.8) is 0 Å². The Morgan fingerprint density at radius 2 is 2.00 bits per heavy atom. The predicted molar refractivity (Wildman–Crippen MR) is 76.4 cm³/mol. The zero-order valence-corrected chi connectivity index (χ0v) is 11.6. The molecule has 0 aliphatic heterocycles. The van der Waals surface area contributed by atoms with E-state index in [2.05, 4.69) is 4.98 Å². The number of esters is 1. The molecule has 2 aromatic rings. The summed E-state index contributed by atoms with van der Waals surface area (Å²) in [4.78, 5) is 26.5. The SMILES string of the molecule is CCOC(=O)c1cc(OCc2ccccc2)cc(C=O)n1. The molecule has 1 heterocycles. The molecule has 0 radical (unpaired) electrons. The van der Waals surface area contributed by atoms with Gasteiger partial charge in [0.25, 0.3) is 0 Å². The van der Waals surface area contributed by atoms with Crippen LogP contribution in [-0.2, 0) is 11.3 Å². The van der Waals surface area contributed by atoms with Crippen LogP contribution in [0.5, 0.6) is 5.75 Å².